The molecule has 0 spiro atoms. The second-order valence-electron chi connectivity index (χ2n) is 4.89. The van der Waals surface area contributed by atoms with E-state index in [-0.39, 0.29) is 11.7 Å². The summed E-state index contributed by atoms with van der Waals surface area (Å²) in [5.41, 5.74) is 3.03. The first-order valence-corrected chi connectivity index (χ1v) is 6.57. The first-order chi connectivity index (χ1) is 10.1. The molecule has 0 bridgehead atoms. The van der Waals surface area contributed by atoms with E-state index < -0.39 is 4.92 Å². The number of aromatic amines is 1. The van der Waals surface area contributed by atoms with Crippen LogP contribution in [0.5, 0.6) is 0 Å². The Morgan fingerprint density at radius 1 is 1.24 bits per heavy atom. The Morgan fingerprint density at radius 3 is 2.71 bits per heavy atom. The van der Waals surface area contributed by atoms with Gasteiger partial charge in [-0.2, -0.15) is 5.10 Å². The van der Waals surface area contributed by atoms with Gasteiger partial charge in [-0.25, -0.2) is 0 Å². The average Bonchev–Trinajstić information content (AvgIpc) is 2.95. The Bertz CT molecular complexity index is 780. The molecule has 106 valence electrons. The first-order valence-electron chi connectivity index (χ1n) is 6.57. The van der Waals surface area contributed by atoms with Gasteiger partial charge in [0.15, 0.2) is 0 Å². The van der Waals surface area contributed by atoms with Crippen molar-refractivity contribution < 1.29 is 4.92 Å². The van der Waals surface area contributed by atoms with E-state index in [1.807, 2.05) is 25.1 Å². The third-order valence-corrected chi connectivity index (χ3v) is 3.43. The molecule has 0 saturated heterocycles. The number of rotatable bonds is 4. The highest BCUT2D eigenvalue weighted by Crippen LogP contribution is 2.23. The molecular formula is C15H14N4O2. The third kappa shape index (κ3) is 2.69. The second kappa shape index (κ2) is 5.24. The lowest BCUT2D eigenvalue weighted by Gasteiger charge is -2.15. The zero-order chi connectivity index (χ0) is 14.8. The van der Waals surface area contributed by atoms with Crippen molar-refractivity contribution in [3.8, 4) is 0 Å². The van der Waals surface area contributed by atoms with Gasteiger partial charge >= 0.3 is 0 Å². The van der Waals surface area contributed by atoms with E-state index in [1.54, 1.807) is 18.3 Å². The standard InChI is InChI=1S/C15H14N4O2/c1-10(11-3-6-14(7-4-11)19(20)21)17-13-5-2-12-9-16-18-15(12)8-13/h2-10,17H,1H3,(H,16,18). The number of nitro benzene ring substituents is 1. The Balaban J connectivity index is 1.78. The van der Waals surface area contributed by atoms with Crippen molar-refractivity contribution in [2.24, 2.45) is 0 Å². The molecule has 0 aliphatic heterocycles. The molecular weight excluding hydrogens is 268 g/mol. The van der Waals surface area contributed by atoms with Gasteiger partial charge in [-0.3, -0.25) is 15.2 Å². The van der Waals surface area contributed by atoms with E-state index in [0.29, 0.717) is 0 Å². The number of fused-ring (bicyclic) bond motifs is 1. The monoisotopic (exact) mass is 282 g/mol. The van der Waals surface area contributed by atoms with Gasteiger partial charge in [0.2, 0.25) is 0 Å². The van der Waals surface area contributed by atoms with Crippen LogP contribution in [-0.2, 0) is 0 Å². The maximum absolute atomic E-state index is 10.7. The predicted molar refractivity (Wildman–Crippen MR) is 81.2 cm³/mol. The smallest absolute Gasteiger partial charge is 0.269 e. The van der Waals surface area contributed by atoms with E-state index in [2.05, 4.69) is 15.5 Å². The fourth-order valence-corrected chi connectivity index (χ4v) is 2.24. The molecule has 0 amide bonds. The van der Waals surface area contributed by atoms with Gasteiger partial charge < -0.3 is 5.32 Å². The summed E-state index contributed by atoms with van der Waals surface area (Å²) in [6.07, 6.45) is 1.78. The zero-order valence-corrected chi connectivity index (χ0v) is 11.4. The zero-order valence-electron chi connectivity index (χ0n) is 11.4. The van der Waals surface area contributed by atoms with Crippen molar-refractivity contribution in [3.63, 3.8) is 0 Å². The fraction of sp³-hybridized carbons (Fsp3) is 0.133. The number of nitrogens with one attached hydrogen (secondary N) is 2. The van der Waals surface area contributed by atoms with Gasteiger partial charge in [0, 0.05) is 29.2 Å². The minimum atomic E-state index is -0.395. The number of H-pyrrole nitrogens is 1. The highest BCUT2D eigenvalue weighted by atomic mass is 16.6. The number of hydrogen-bond donors (Lipinski definition) is 2. The molecule has 1 heterocycles. The summed E-state index contributed by atoms with van der Waals surface area (Å²) < 4.78 is 0. The maximum Gasteiger partial charge on any atom is 0.269 e. The molecule has 6 heteroatoms. The van der Waals surface area contributed by atoms with Gasteiger partial charge in [-0.15, -0.1) is 0 Å². The number of non-ortho nitro benzene ring substituents is 1. The summed E-state index contributed by atoms with van der Waals surface area (Å²) in [6.45, 7) is 2.01. The summed E-state index contributed by atoms with van der Waals surface area (Å²) in [5.74, 6) is 0. The molecule has 2 aromatic carbocycles. The number of nitrogens with zero attached hydrogens (tertiary/aromatic N) is 2. The lowest BCUT2D eigenvalue weighted by molar-refractivity contribution is -0.384. The molecule has 6 nitrogen and oxygen atoms in total. The molecule has 3 aromatic rings. The Kier molecular flexibility index (Phi) is 3.27. The Morgan fingerprint density at radius 2 is 2.00 bits per heavy atom. The van der Waals surface area contributed by atoms with Gasteiger partial charge in [0.1, 0.15) is 0 Å². The first kappa shape index (κ1) is 13.1. The van der Waals surface area contributed by atoms with Crippen molar-refractivity contribution >= 4 is 22.3 Å². The van der Waals surface area contributed by atoms with E-state index in [9.17, 15) is 10.1 Å². The van der Waals surface area contributed by atoms with Crippen molar-refractivity contribution in [2.75, 3.05) is 5.32 Å². The molecule has 0 aliphatic carbocycles. The topological polar surface area (TPSA) is 83.8 Å². The van der Waals surface area contributed by atoms with Crippen molar-refractivity contribution in [1.82, 2.24) is 10.2 Å². The summed E-state index contributed by atoms with van der Waals surface area (Å²) in [7, 11) is 0. The van der Waals surface area contributed by atoms with Crippen LogP contribution in [0.1, 0.15) is 18.5 Å². The Labute approximate surface area is 121 Å². The highest BCUT2D eigenvalue weighted by molar-refractivity contribution is 5.81. The van der Waals surface area contributed by atoms with Gasteiger partial charge in [0.25, 0.3) is 5.69 Å². The summed E-state index contributed by atoms with van der Waals surface area (Å²) in [4.78, 5) is 10.3. The second-order valence-corrected chi connectivity index (χ2v) is 4.89. The minimum Gasteiger partial charge on any atom is -0.378 e. The van der Waals surface area contributed by atoms with E-state index in [1.165, 1.54) is 12.1 Å². The largest absolute Gasteiger partial charge is 0.378 e. The van der Waals surface area contributed by atoms with Crippen LogP contribution in [0.15, 0.2) is 48.7 Å². The Hall–Kier alpha value is -2.89. The van der Waals surface area contributed by atoms with Gasteiger partial charge in [-0.05, 0) is 30.7 Å². The molecule has 0 aliphatic rings. The van der Waals surface area contributed by atoms with E-state index in [0.717, 1.165) is 22.2 Å². The SMILES string of the molecule is CC(Nc1ccc2cn[nH]c2c1)c1ccc([N+](=O)[O-])cc1. The normalized spacial score (nSPS) is 12.2. The molecule has 21 heavy (non-hydrogen) atoms. The van der Waals surface area contributed by atoms with Crippen LogP contribution in [0.3, 0.4) is 0 Å². The van der Waals surface area contributed by atoms with Crippen molar-refractivity contribution in [2.45, 2.75) is 13.0 Å². The minimum absolute atomic E-state index is 0.0474. The van der Waals surface area contributed by atoms with Crippen LogP contribution in [0.2, 0.25) is 0 Å². The summed E-state index contributed by atoms with van der Waals surface area (Å²) >= 11 is 0. The van der Waals surface area contributed by atoms with Crippen LogP contribution < -0.4 is 5.32 Å². The average molecular weight is 282 g/mol. The van der Waals surface area contributed by atoms with Crippen LogP contribution in [0.4, 0.5) is 11.4 Å². The third-order valence-electron chi connectivity index (χ3n) is 3.43. The lowest BCUT2D eigenvalue weighted by Crippen LogP contribution is -2.06. The molecule has 1 atom stereocenters. The van der Waals surface area contributed by atoms with Crippen LogP contribution >= 0.6 is 0 Å². The molecule has 1 aromatic heterocycles. The quantitative estimate of drug-likeness (QED) is 0.565. The van der Waals surface area contributed by atoms with Crippen LogP contribution in [0.25, 0.3) is 10.9 Å². The van der Waals surface area contributed by atoms with E-state index in [4.69, 9.17) is 0 Å². The molecule has 1 unspecified atom stereocenters. The number of nitro groups is 1. The van der Waals surface area contributed by atoms with Crippen molar-refractivity contribution in [1.29, 1.82) is 0 Å². The van der Waals surface area contributed by atoms with Crippen LogP contribution in [-0.4, -0.2) is 15.1 Å². The van der Waals surface area contributed by atoms with Gasteiger partial charge in [-0.1, -0.05) is 12.1 Å². The summed E-state index contributed by atoms with van der Waals surface area (Å²) in [6, 6.07) is 12.6. The number of hydrogen-bond acceptors (Lipinski definition) is 4. The number of aromatic nitrogens is 2. The van der Waals surface area contributed by atoms with E-state index >= 15 is 0 Å². The maximum atomic E-state index is 10.7. The molecule has 0 fully saturated rings. The van der Waals surface area contributed by atoms with Crippen molar-refractivity contribution in [3.05, 3.63) is 64.3 Å². The molecule has 0 radical (unpaired) electrons. The van der Waals surface area contributed by atoms with Crippen LogP contribution in [0, 0.1) is 10.1 Å². The predicted octanol–water partition coefficient (Wildman–Crippen LogP) is 3.64. The lowest BCUT2D eigenvalue weighted by atomic mass is 10.1. The number of anilines is 1. The molecule has 3 rings (SSSR count). The van der Waals surface area contributed by atoms with Gasteiger partial charge in [0.05, 0.1) is 16.6 Å². The summed E-state index contributed by atoms with van der Waals surface area (Å²) in [5, 5.41) is 22.0. The highest BCUT2D eigenvalue weighted by Gasteiger charge is 2.09. The molecule has 0 saturated carbocycles. The fourth-order valence-electron chi connectivity index (χ4n) is 2.24. The molecule has 2 N–H and O–H groups in total. The number of benzene rings is 2.